The van der Waals surface area contributed by atoms with Gasteiger partial charge in [0.15, 0.2) is 5.82 Å². The van der Waals surface area contributed by atoms with E-state index in [0.29, 0.717) is 17.7 Å². The Morgan fingerprint density at radius 1 is 1.00 bits per heavy atom. The average Bonchev–Trinajstić information content (AvgIpc) is 3.06. The van der Waals surface area contributed by atoms with Crippen LogP contribution in [0.2, 0.25) is 0 Å². The van der Waals surface area contributed by atoms with Crippen LogP contribution in [0.1, 0.15) is 81.5 Å². The van der Waals surface area contributed by atoms with E-state index in [9.17, 15) is 0 Å². The zero-order valence-corrected chi connectivity index (χ0v) is 11.0. The second-order valence-electron chi connectivity index (χ2n) is 5.90. The number of aromatic nitrogens is 2. The lowest BCUT2D eigenvalue weighted by atomic mass is 9.91. The van der Waals surface area contributed by atoms with Gasteiger partial charge in [0.2, 0.25) is 5.89 Å². The highest BCUT2D eigenvalue weighted by Crippen LogP contribution is 2.39. The van der Waals surface area contributed by atoms with Crippen LogP contribution in [0.5, 0.6) is 0 Å². The van der Waals surface area contributed by atoms with Crippen molar-refractivity contribution in [1.29, 1.82) is 0 Å². The van der Waals surface area contributed by atoms with Crippen LogP contribution < -0.4 is 5.73 Å². The molecule has 1 aromatic heterocycles. The smallest absolute Gasteiger partial charge is 0.243 e. The van der Waals surface area contributed by atoms with Gasteiger partial charge in [0.25, 0.3) is 0 Å². The molecule has 2 aliphatic carbocycles. The summed E-state index contributed by atoms with van der Waals surface area (Å²) in [4.78, 5) is 4.56. The molecule has 2 N–H and O–H groups in total. The minimum Gasteiger partial charge on any atom is -0.338 e. The first kappa shape index (κ1) is 12.2. The number of hydrogen-bond acceptors (Lipinski definition) is 4. The minimum absolute atomic E-state index is 0.0280. The largest absolute Gasteiger partial charge is 0.338 e. The van der Waals surface area contributed by atoms with Crippen molar-refractivity contribution < 1.29 is 4.52 Å². The van der Waals surface area contributed by atoms with Crippen molar-refractivity contribution in [1.82, 2.24) is 10.1 Å². The van der Waals surface area contributed by atoms with Crippen molar-refractivity contribution in [3.63, 3.8) is 0 Å². The summed E-state index contributed by atoms with van der Waals surface area (Å²) in [6.45, 7) is 0. The Kier molecular flexibility index (Phi) is 3.64. The predicted molar refractivity (Wildman–Crippen MR) is 69.0 cm³/mol. The van der Waals surface area contributed by atoms with Crippen LogP contribution in [0.25, 0.3) is 0 Å². The fourth-order valence-corrected chi connectivity index (χ4v) is 2.92. The Balaban J connectivity index is 1.66. The van der Waals surface area contributed by atoms with Crippen LogP contribution in [-0.4, -0.2) is 10.1 Å². The summed E-state index contributed by atoms with van der Waals surface area (Å²) in [5.74, 6) is 2.64. The third kappa shape index (κ3) is 2.74. The number of rotatable bonds is 3. The molecule has 0 aliphatic heterocycles. The molecule has 2 saturated carbocycles. The zero-order chi connectivity index (χ0) is 12.4. The molecule has 0 saturated heterocycles. The molecule has 0 spiro atoms. The summed E-state index contributed by atoms with van der Waals surface area (Å²) >= 11 is 0. The van der Waals surface area contributed by atoms with Gasteiger partial charge in [0.05, 0.1) is 6.04 Å². The zero-order valence-electron chi connectivity index (χ0n) is 11.0. The van der Waals surface area contributed by atoms with Crippen molar-refractivity contribution in [2.24, 2.45) is 11.7 Å². The van der Waals surface area contributed by atoms with Crippen LogP contribution in [0.3, 0.4) is 0 Å². The maximum Gasteiger partial charge on any atom is 0.243 e. The van der Waals surface area contributed by atoms with E-state index in [0.717, 1.165) is 5.82 Å². The molecule has 1 heterocycles. The summed E-state index contributed by atoms with van der Waals surface area (Å²) < 4.78 is 5.37. The van der Waals surface area contributed by atoms with Crippen molar-refractivity contribution >= 4 is 0 Å². The normalized spacial score (nSPS) is 24.5. The van der Waals surface area contributed by atoms with Crippen molar-refractivity contribution in [2.75, 3.05) is 0 Å². The van der Waals surface area contributed by atoms with Gasteiger partial charge in [-0.3, -0.25) is 0 Å². The SMILES string of the molecule is NC(c1nc(C2CCCCCCC2)no1)C1CC1. The van der Waals surface area contributed by atoms with Crippen LogP contribution in [0.4, 0.5) is 0 Å². The van der Waals surface area contributed by atoms with Crippen molar-refractivity contribution in [3.05, 3.63) is 11.7 Å². The lowest BCUT2D eigenvalue weighted by Gasteiger charge is -2.15. The molecule has 18 heavy (non-hydrogen) atoms. The molecule has 1 unspecified atom stereocenters. The van der Waals surface area contributed by atoms with Crippen LogP contribution in [-0.2, 0) is 0 Å². The maximum absolute atomic E-state index is 6.10. The molecular formula is C14H23N3O. The van der Waals surface area contributed by atoms with E-state index in [1.54, 1.807) is 0 Å². The topological polar surface area (TPSA) is 64.9 Å². The summed E-state index contributed by atoms with van der Waals surface area (Å²) in [5.41, 5.74) is 6.10. The highest BCUT2D eigenvalue weighted by molar-refractivity contribution is 5.02. The van der Waals surface area contributed by atoms with Gasteiger partial charge in [0.1, 0.15) is 0 Å². The molecule has 3 rings (SSSR count). The fraction of sp³-hybridized carbons (Fsp3) is 0.857. The highest BCUT2D eigenvalue weighted by Gasteiger charge is 2.33. The molecule has 0 radical (unpaired) electrons. The summed E-state index contributed by atoms with van der Waals surface area (Å²) in [5, 5.41) is 4.18. The lowest BCUT2D eigenvalue weighted by molar-refractivity contribution is 0.334. The second kappa shape index (κ2) is 5.39. The summed E-state index contributed by atoms with van der Waals surface area (Å²) in [6.07, 6.45) is 11.5. The Hall–Kier alpha value is -0.900. The second-order valence-corrected chi connectivity index (χ2v) is 5.90. The first-order chi connectivity index (χ1) is 8.84. The third-order valence-corrected chi connectivity index (χ3v) is 4.34. The van der Waals surface area contributed by atoms with E-state index in [1.165, 1.54) is 57.8 Å². The molecular weight excluding hydrogens is 226 g/mol. The molecule has 1 atom stereocenters. The van der Waals surface area contributed by atoms with Gasteiger partial charge in [-0.25, -0.2) is 0 Å². The van der Waals surface area contributed by atoms with Gasteiger partial charge in [-0.05, 0) is 31.6 Å². The van der Waals surface area contributed by atoms with E-state index < -0.39 is 0 Å². The van der Waals surface area contributed by atoms with E-state index in [4.69, 9.17) is 10.3 Å². The standard InChI is InChI=1S/C14H23N3O/c15-12(10-8-9-10)14-16-13(17-18-14)11-6-4-2-1-3-5-7-11/h10-12H,1-9,15H2. The van der Waals surface area contributed by atoms with Gasteiger partial charge in [-0.15, -0.1) is 0 Å². The van der Waals surface area contributed by atoms with Crippen LogP contribution >= 0.6 is 0 Å². The van der Waals surface area contributed by atoms with E-state index in [-0.39, 0.29) is 6.04 Å². The monoisotopic (exact) mass is 249 g/mol. The van der Waals surface area contributed by atoms with E-state index >= 15 is 0 Å². The number of hydrogen-bond donors (Lipinski definition) is 1. The molecule has 100 valence electrons. The minimum atomic E-state index is -0.0280. The Morgan fingerprint density at radius 2 is 1.67 bits per heavy atom. The van der Waals surface area contributed by atoms with Crippen molar-refractivity contribution in [2.45, 2.75) is 69.7 Å². The molecule has 4 nitrogen and oxygen atoms in total. The molecule has 0 bridgehead atoms. The van der Waals surface area contributed by atoms with E-state index in [2.05, 4.69) is 10.1 Å². The van der Waals surface area contributed by atoms with Crippen LogP contribution in [0.15, 0.2) is 4.52 Å². The predicted octanol–water partition coefficient (Wildman–Crippen LogP) is 3.31. The van der Waals surface area contributed by atoms with Gasteiger partial charge in [0, 0.05) is 5.92 Å². The summed E-state index contributed by atoms with van der Waals surface area (Å²) in [6, 6.07) is -0.0280. The quantitative estimate of drug-likeness (QED) is 0.892. The average molecular weight is 249 g/mol. The number of nitrogens with two attached hydrogens (primary N) is 1. The van der Waals surface area contributed by atoms with Crippen LogP contribution in [0, 0.1) is 5.92 Å². The first-order valence-corrected chi connectivity index (χ1v) is 7.43. The maximum atomic E-state index is 6.10. The highest BCUT2D eigenvalue weighted by atomic mass is 16.5. The van der Waals surface area contributed by atoms with E-state index in [1.807, 2.05) is 0 Å². The lowest BCUT2D eigenvalue weighted by Crippen LogP contribution is -2.13. The van der Waals surface area contributed by atoms with Gasteiger partial charge in [-0.1, -0.05) is 37.3 Å². The summed E-state index contributed by atoms with van der Waals surface area (Å²) in [7, 11) is 0. The van der Waals surface area contributed by atoms with Gasteiger partial charge >= 0.3 is 0 Å². The first-order valence-electron chi connectivity index (χ1n) is 7.43. The Morgan fingerprint density at radius 3 is 2.33 bits per heavy atom. The van der Waals surface area contributed by atoms with Gasteiger partial charge < -0.3 is 10.3 Å². The van der Waals surface area contributed by atoms with Gasteiger partial charge in [-0.2, -0.15) is 4.98 Å². The molecule has 2 aliphatic rings. The molecule has 0 aromatic carbocycles. The molecule has 1 aromatic rings. The fourth-order valence-electron chi connectivity index (χ4n) is 2.92. The van der Waals surface area contributed by atoms with Crippen molar-refractivity contribution in [3.8, 4) is 0 Å². The number of nitrogens with zero attached hydrogens (tertiary/aromatic N) is 2. The molecule has 4 heteroatoms. The third-order valence-electron chi connectivity index (χ3n) is 4.34. The Labute approximate surface area is 108 Å². The molecule has 0 amide bonds. The Bertz CT molecular complexity index is 378. The molecule has 2 fully saturated rings.